The van der Waals surface area contributed by atoms with Crippen molar-refractivity contribution in [3.63, 3.8) is 0 Å². The number of nitrogens with one attached hydrogen (secondary N) is 2. The summed E-state index contributed by atoms with van der Waals surface area (Å²) in [5.41, 5.74) is 0. The molecular weight excluding hydrogens is 198 g/mol. The number of hydrogen-bond donors (Lipinski definition) is 3. The van der Waals surface area contributed by atoms with Crippen LogP contribution in [0.4, 0.5) is 5.82 Å². The summed E-state index contributed by atoms with van der Waals surface area (Å²) in [6.45, 7) is 3.96. The Morgan fingerprint density at radius 3 is 2.86 bits per heavy atom. The zero-order chi connectivity index (χ0) is 10.6. The Morgan fingerprint density at radius 1 is 1.57 bits per heavy atom. The van der Waals surface area contributed by atoms with E-state index in [-0.39, 0.29) is 11.8 Å². The van der Waals surface area contributed by atoms with Crippen molar-refractivity contribution in [1.82, 2.24) is 10.3 Å². The summed E-state index contributed by atoms with van der Waals surface area (Å²) in [6, 6.07) is 3.45. The maximum Gasteiger partial charge on any atom is 0.174 e. The van der Waals surface area contributed by atoms with Gasteiger partial charge < -0.3 is 15.7 Å². The molecule has 1 aromatic rings. The first-order valence-corrected chi connectivity index (χ1v) is 4.72. The average Bonchev–Trinajstić information content (AvgIpc) is 2.07. The molecule has 76 valence electrons. The molecule has 0 atom stereocenters. The predicted molar refractivity (Wildman–Crippen MR) is 60.4 cm³/mol. The number of rotatable bonds is 2. The monoisotopic (exact) mass is 211 g/mol. The lowest BCUT2D eigenvalue weighted by Crippen LogP contribution is -2.34. The summed E-state index contributed by atoms with van der Waals surface area (Å²) in [6.07, 6.45) is 1.58. The van der Waals surface area contributed by atoms with Crippen molar-refractivity contribution in [2.45, 2.75) is 19.9 Å². The Labute approximate surface area is 88.4 Å². The molecular formula is C9H13N3OS. The summed E-state index contributed by atoms with van der Waals surface area (Å²) < 4.78 is 0. The second-order valence-electron chi connectivity index (χ2n) is 3.12. The molecule has 0 unspecified atom stereocenters. The second kappa shape index (κ2) is 4.76. The van der Waals surface area contributed by atoms with Crippen molar-refractivity contribution in [1.29, 1.82) is 0 Å². The Hall–Kier alpha value is -1.36. The molecule has 0 saturated heterocycles. The molecule has 5 heteroatoms. The highest BCUT2D eigenvalue weighted by molar-refractivity contribution is 7.80. The molecule has 0 aliphatic carbocycles. The normalized spacial score (nSPS) is 9.93. The first-order valence-electron chi connectivity index (χ1n) is 4.31. The third-order valence-electron chi connectivity index (χ3n) is 1.44. The van der Waals surface area contributed by atoms with Gasteiger partial charge in [-0.15, -0.1) is 0 Å². The van der Waals surface area contributed by atoms with Crippen LogP contribution in [0.2, 0.25) is 0 Å². The molecule has 0 saturated carbocycles. The predicted octanol–water partition coefficient (Wildman–Crippen LogP) is 1.48. The van der Waals surface area contributed by atoms with Gasteiger partial charge in [0.05, 0.1) is 0 Å². The number of thiocarbonyl (C=S) groups is 1. The van der Waals surface area contributed by atoms with Crippen LogP contribution in [0.25, 0.3) is 0 Å². The van der Waals surface area contributed by atoms with Crippen molar-refractivity contribution in [3.8, 4) is 5.75 Å². The number of hydrogen-bond acceptors (Lipinski definition) is 3. The van der Waals surface area contributed by atoms with Gasteiger partial charge in [-0.25, -0.2) is 4.98 Å². The fourth-order valence-corrected chi connectivity index (χ4v) is 1.23. The SMILES string of the molecule is CC(C)NC(=S)Nc1ncccc1O. The van der Waals surface area contributed by atoms with Gasteiger partial charge in [-0.2, -0.15) is 0 Å². The van der Waals surface area contributed by atoms with Gasteiger partial charge in [-0.05, 0) is 38.2 Å². The quantitative estimate of drug-likeness (QED) is 0.647. The van der Waals surface area contributed by atoms with Crippen LogP contribution in [0, 0.1) is 0 Å². The molecule has 0 bridgehead atoms. The molecule has 0 fully saturated rings. The molecule has 0 amide bonds. The van der Waals surface area contributed by atoms with Crippen LogP contribution in [0.3, 0.4) is 0 Å². The van der Waals surface area contributed by atoms with Gasteiger partial charge >= 0.3 is 0 Å². The standard InChI is InChI=1S/C9H13N3OS/c1-6(2)11-9(14)12-8-7(13)4-3-5-10-8/h3-6,13H,1-2H3,(H2,10,11,12,14). The number of aromatic nitrogens is 1. The van der Waals surface area contributed by atoms with Gasteiger partial charge in [-0.1, -0.05) is 0 Å². The Morgan fingerprint density at radius 2 is 2.29 bits per heavy atom. The highest BCUT2D eigenvalue weighted by Gasteiger charge is 2.03. The third kappa shape index (κ3) is 3.18. The van der Waals surface area contributed by atoms with Crippen LogP contribution >= 0.6 is 12.2 Å². The van der Waals surface area contributed by atoms with Crippen molar-refractivity contribution >= 4 is 23.1 Å². The molecule has 0 spiro atoms. The largest absolute Gasteiger partial charge is 0.504 e. The van der Waals surface area contributed by atoms with Crippen molar-refractivity contribution in [3.05, 3.63) is 18.3 Å². The van der Waals surface area contributed by atoms with E-state index in [1.165, 1.54) is 0 Å². The van der Waals surface area contributed by atoms with Gasteiger partial charge in [0.25, 0.3) is 0 Å². The van der Waals surface area contributed by atoms with Gasteiger partial charge in [-0.3, -0.25) is 0 Å². The Bertz CT molecular complexity index is 328. The fourth-order valence-electron chi connectivity index (χ4n) is 0.899. The minimum Gasteiger partial charge on any atom is -0.504 e. The summed E-state index contributed by atoms with van der Waals surface area (Å²) in [4.78, 5) is 3.94. The smallest absolute Gasteiger partial charge is 0.174 e. The molecule has 0 aromatic carbocycles. The van der Waals surface area contributed by atoms with E-state index in [0.29, 0.717) is 10.9 Å². The Balaban J connectivity index is 2.61. The van der Waals surface area contributed by atoms with E-state index >= 15 is 0 Å². The third-order valence-corrected chi connectivity index (χ3v) is 1.66. The zero-order valence-corrected chi connectivity index (χ0v) is 8.93. The molecule has 14 heavy (non-hydrogen) atoms. The van der Waals surface area contributed by atoms with Gasteiger partial charge in [0, 0.05) is 12.2 Å². The van der Waals surface area contributed by atoms with Gasteiger partial charge in [0.1, 0.15) is 0 Å². The van der Waals surface area contributed by atoms with E-state index in [4.69, 9.17) is 12.2 Å². The summed E-state index contributed by atoms with van der Waals surface area (Å²) in [7, 11) is 0. The Kier molecular flexibility index (Phi) is 3.64. The highest BCUT2D eigenvalue weighted by Crippen LogP contribution is 2.17. The summed E-state index contributed by atoms with van der Waals surface area (Å²) >= 11 is 5.00. The first kappa shape index (κ1) is 10.7. The topological polar surface area (TPSA) is 57.2 Å². The first-order chi connectivity index (χ1) is 6.59. The van der Waals surface area contributed by atoms with E-state index < -0.39 is 0 Å². The zero-order valence-electron chi connectivity index (χ0n) is 8.11. The van der Waals surface area contributed by atoms with E-state index in [2.05, 4.69) is 15.6 Å². The molecule has 3 N–H and O–H groups in total. The van der Waals surface area contributed by atoms with Crippen LogP contribution < -0.4 is 10.6 Å². The minimum atomic E-state index is 0.0837. The van der Waals surface area contributed by atoms with Crippen LogP contribution in [-0.4, -0.2) is 21.2 Å². The lowest BCUT2D eigenvalue weighted by molar-refractivity contribution is 0.475. The van der Waals surface area contributed by atoms with Crippen molar-refractivity contribution in [2.75, 3.05) is 5.32 Å². The minimum absolute atomic E-state index is 0.0837. The van der Waals surface area contributed by atoms with Crippen LogP contribution in [0.5, 0.6) is 5.75 Å². The number of aromatic hydroxyl groups is 1. The lowest BCUT2D eigenvalue weighted by atomic mass is 10.4. The van der Waals surface area contributed by atoms with Crippen molar-refractivity contribution < 1.29 is 5.11 Å². The van der Waals surface area contributed by atoms with Gasteiger partial charge in [0.15, 0.2) is 16.7 Å². The average molecular weight is 211 g/mol. The van der Waals surface area contributed by atoms with Gasteiger partial charge in [0.2, 0.25) is 0 Å². The maximum absolute atomic E-state index is 9.38. The lowest BCUT2D eigenvalue weighted by Gasteiger charge is -2.12. The maximum atomic E-state index is 9.38. The molecule has 1 heterocycles. The second-order valence-corrected chi connectivity index (χ2v) is 3.53. The van der Waals surface area contributed by atoms with Crippen LogP contribution in [0.15, 0.2) is 18.3 Å². The number of pyridine rings is 1. The fraction of sp³-hybridized carbons (Fsp3) is 0.333. The molecule has 1 aromatic heterocycles. The molecule has 0 radical (unpaired) electrons. The molecule has 4 nitrogen and oxygen atoms in total. The van der Waals surface area contributed by atoms with E-state index in [1.807, 2.05) is 13.8 Å². The van der Waals surface area contributed by atoms with E-state index in [1.54, 1.807) is 18.3 Å². The van der Waals surface area contributed by atoms with E-state index in [9.17, 15) is 5.11 Å². The number of nitrogens with zero attached hydrogens (tertiary/aromatic N) is 1. The van der Waals surface area contributed by atoms with Crippen LogP contribution in [0.1, 0.15) is 13.8 Å². The highest BCUT2D eigenvalue weighted by atomic mass is 32.1. The van der Waals surface area contributed by atoms with Crippen LogP contribution in [-0.2, 0) is 0 Å². The summed E-state index contributed by atoms with van der Waals surface area (Å²) in [5.74, 6) is 0.450. The molecule has 0 aliphatic rings. The van der Waals surface area contributed by atoms with Crippen molar-refractivity contribution in [2.24, 2.45) is 0 Å². The number of anilines is 1. The van der Waals surface area contributed by atoms with E-state index in [0.717, 1.165) is 0 Å². The molecule has 0 aliphatic heterocycles. The molecule has 1 rings (SSSR count). The summed E-state index contributed by atoms with van der Waals surface area (Å²) in [5, 5.41) is 15.6.